The molecule has 0 radical (unpaired) electrons. The quantitative estimate of drug-likeness (QED) is 0.118. The fourth-order valence-electron chi connectivity index (χ4n) is 4.64. The van der Waals surface area contributed by atoms with Gasteiger partial charge in [-0.3, -0.25) is 0 Å². The van der Waals surface area contributed by atoms with Crippen LogP contribution >= 0.6 is 24.4 Å². The predicted octanol–water partition coefficient (Wildman–Crippen LogP) is 10.2. The van der Waals surface area contributed by atoms with Gasteiger partial charge in [0.15, 0.2) is 10.1 Å². The molecular weight excluding hydrogens is 553 g/mol. The van der Waals surface area contributed by atoms with Gasteiger partial charge in [-0.2, -0.15) is 0 Å². The Morgan fingerprint density at radius 2 is 0.929 bits per heavy atom. The first-order valence-electron chi connectivity index (χ1n) is 15.1. The van der Waals surface area contributed by atoms with E-state index in [1.165, 1.54) is 49.7 Å². The van der Waals surface area contributed by atoms with Crippen molar-refractivity contribution in [3.8, 4) is 35.2 Å². The monoisotopic (exact) mass is 594 g/mol. The van der Waals surface area contributed by atoms with Gasteiger partial charge in [-0.25, -0.2) is 0 Å². The largest absolute Gasteiger partial charge is 0.451 e. The third-order valence-corrected chi connectivity index (χ3v) is 7.01. The first-order chi connectivity index (χ1) is 20.4. The molecule has 2 nitrogen and oxygen atoms in total. The summed E-state index contributed by atoms with van der Waals surface area (Å²) in [5.41, 5.74) is 6.66. The van der Waals surface area contributed by atoms with Gasteiger partial charge in [-0.1, -0.05) is 76.1 Å². The van der Waals surface area contributed by atoms with Gasteiger partial charge in [0.1, 0.15) is 11.5 Å². The molecule has 0 saturated heterocycles. The second-order valence-corrected chi connectivity index (χ2v) is 11.7. The summed E-state index contributed by atoms with van der Waals surface area (Å²) in [5.74, 6) is 15.3. The van der Waals surface area contributed by atoms with Crippen molar-refractivity contribution in [2.24, 2.45) is 0 Å². The standard InChI is InChI=1S/C38H42O2S2/c1-5-7-9-11-13-33-27-36(22-16-32-19-25-38(26-20-32)40-30(4)42)34(14-12-10-8-6-2)28-35(33)21-15-31-17-23-37(24-18-31)39-29(3)41/h17-20,23-28H,5-14H2,1-4H3. The SMILES string of the molecule is CCCCCCc1cc(C#Cc2ccc(OC(C)=S)cc2)c(CCCCCC)cc1C#Cc1ccc(OC(C)=S)cc1. The molecule has 0 N–H and O–H groups in total. The van der Waals surface area contributed by atoms with Gasteiger partial charge in [0.05, 0.1) is 0 Å². The van der Waals surface area contributed by atoms with E-state index in [1.54, 1.807) is 13.8 Å². The maximum Gasteiger partial charge on any atom is 0.164 e. The van der Waals surface area contributed by atoms with E-state index in [1.807, 2.05) is 48.5 Å². The van der Waals surface area contributed by atoms with E-state index in [4.69, 9.17) is 33.9 Å². The average Bonchev–Trinajstić information content (AvgIpc) is 2.97. The van der Waals surface area contributed by atoms with Gasteiger partial charge < -0.3 is 9.47 Å². The van der Waals surface area contributed by atoms with Gasteiger partial charge >= 0.3 is 0 Å². The molecule has 3 aromatic rings. The number of hydrogen-bond donors (Lipinski definition) is 0. The fraction of sp³-hybridized carbons (Fsp3) is 0.368. The van der Waals surface area contributed by atoms with Gasteiger partial charge in [0.2, 0.25) is 0 Å². The lowest BCUT2D eigenvalue weighted by molar-refractivity contribution is 0.561. The zero-order valence-corrected chi connectivity index (χ0v) is 27.1. The number of aryl methyl sites for hydroxylation is 2. The van der Waals surface area contributed by atoms with E-state index in [2.05, 4.69) is 49.7 Å². The van der Waals surface area contributed by atoms with Crippen LogP contribution in [0.5, 0.6) is 11.5 Å². The Morgan fingerprint density at radius 1 is 0.548 bits per heavy atom. The highest BCUT2D eigenvalue weighted by molar-refractivity contribution is 7.80. The minimum absolute atomic E-state index is 0.503. The number of benzene rings is 3. The third-order valence-electron chi connectivity index (χ3n) is 6.84. The second-order valence-electron chi connectivity index (χ2n) is 10.5. The average molecular weight is 595 g/mol. The van der Waals surface area contributed by atoms with Crippen molar-refractivity contribution < 1.29 is 9.47 Å². The van der Waals surface area contributed by atoms with Crippen LogP contribution in [0, 0.1) is 23.7 Å². The molecule has 42 heavy (non-hydrogen) atoms. The minimum atomic E-state index is 0.503. The van der Waals surface area contributed by atoms with Crippen LogP contribution in [0.2, 0.25) is 0 Å². The summed E-state index contributed by atoms with van der Waals surface area (Å²) < 4.78 is 11.1. The molecule has 0 aliphatic carbocycles. The predicted molar refractivity (Wildman–Crippen MR) is 185 cm³/mol. The van der Waals surface area contributed by atoms with Crippen molar-refractivity contribution in [2.75, 3.05) is 0 Å². The molecule has 4 heteroatoms. The molecule has 3 aromatic carbocycles. The smallest absolute Gasteiger partial charge is 0.164 e. The normalized spacial score (nSPS) is 10.2. The molecular formula is C38H42O2S2. The molecule has 0 bridgehead atoms. The molecule has 0 atom stereocenters. The Hall–Kier alpha value is -3.44. The van der Waals surface area contributed by atoms with E-state index < -0.39 is 0 Å². The van der Waals surface area contributed by atoms with Crippen LogP contribution in [-0.2, 0) is 12.8 Å². The Morgan fingerprint density at radius 3 is 1.26 bits per heavy atom. The summed E-state index contributed by atoms with van der Waals surface area (Å²) in [4.78, 5) is 0. The molecule has 218 valence electrons. The van der Waals surface area contributed by atoms with Crippen LogP contribution in [0.25, 0.3) is 0 Å². The molecule has 0 unspecified atom stereocenters. The van der Waals surface area contributed by atoms with E-state index in [9.17, 15) is 0 Å². The van der Waals surface area contributed by atoms with Crippen LogP contribution in [0.15, 0.2) is 60.7 Å². The fourth-order valence-corrected chi connectivity index (χ4v) is 4.84. The summed E-state index contributed by atoms with van der Waals surface area (Å²) in [6.45, 7) is 8.04. The molecule has 0 aliphatic rings. The van der Waals surface area contributed by atoms with Crippen LogP contribution in [0.3, 0.4) is 0 Å². The first kappa shape index (κ1) is 33.1. The van der Waals surface area contributed by atoms with E-state index in [-0.39, 0.29) is 0 Å². The minimum Gasteiger partial charge on any atom is -0.451 e. The summed E-state index contributed by atoms with van der Waals surface area (Å²) in [6, 6.07) is 20.2. The third kappa shape index (κ3) is 11.8. The van der Waals surface area contributed by atoms with Crippen LogP contribution in [0.4, 0.5) is 0 Å². The van der Waals surface area contributed by atoms with Gasteiger partial charge in [-0.15, -0.1) is 0 Å². The van der Waals surface area contributed by atoms with Crippen molar-refractivity contribution in [1.82, 2.24) is 0 Å². The molecule has 0 spiro atoms. The van der Waals surface area contributed by atoms with Crippen molar-refractivity contribution in [3.63, 3.8) is 0 Å². The first-order valence-corrected chi connectivity index (χ1v) is 16.0. The number of ether oxygens (including phenoxy) is 2. The Bertz CT molecular complexity index is 1330. The van der Waals surface area contributed by atoms with E-state index in [0.29, 0.717) is 10.1 Å². The maximum atomic E-state index is 5.53. The summed E-state index contributed by atoms with van der Waals surface area (Å²) >= 11 is 10.1. The van der Waals surface area contributed by atoms with Gasteiger partial charge in [0.25, 0.3) is 0 Å². The lowest BCUT2D eigenvalue weighted by Crippen LogP contribution is -1.99. The Labute approximate surface area is 264 Å². The van der Waals surface area contributed by atoms with Gasteiger partial charge in [0, 0.05) is 36.1 Å². The van der Waals surface area contributed by atoms with E-state index >= 15 is 0 Å². The topological polar surface area (TPSA) is 18.5 Å². The highest BCUT2D eigenvalue weighted by atomic mass is 32.1. The van der Waals surface area contributed by atoms with Crippen molar-refractivity contribution in [3.05, 3.63) is 94.0 Å². The molecule has 0 heterocycles. The van der Waals surface area contributed by atoms with Crippen LogP contribution < -0.4 is 9.47 Å². The molecule has 0 aliphatic heterocycles. The molecule has 0 amide bonds. The highest BCUT2D eigenvalue weighted by Gasteiger charge is 2.09. The van der Waals surface area contributed by atoms with Crippen molar-refractivity contribution in [1.29, 1.82) is 0 Å². The number of rotatable bonds is 12. The molecule has 0 saturated carbocycles. The lowest BCUT2D eigenvalue weighted by Gasteiger charge is -2.12. The zero-order valence-electron chi connectivity index (χ0n) is 25.5. The summed E-state index contributed by atoms with van der Waals surface area (Å²) in [5, 5.41) is 1.01. The number of thiocarbonyl (C=S) groups is 2. The zero-order chi connectivity index (χ0) is 30.2. The molecule has 3 rings (SSSR count). The second kappa shape index (κ2) is 18.2. The van der Waals surface area contributed by atoms with Crippen LogP contribution in [-0.4, -0.2) is 10.1 Å². The molecule has 0 fully saturated rings. The number of hydrogen-bond acceptors (Lipinski definition) is 4. The molecule has 0 aromatic heterocycles. The van der Waals surface area contributed by atoms with E-state index in [0.717, 1.165) is 59.4 Å². The van der Waals surface area contributed by atoms with Crippen LogP contribution in [0.1, 0.15) is 112 Å². The lowest BCUT2D eigenvalue weighted by atomic mass is 9.92. The summed E-state index contributed by atoms with van der Waals surface area (Å²) in [6.07, 6.45) is 11.7. The Balaban J connectivity index is 1.97. The number of unbranched alkanes of at least 4 members (excludes halogenated alkanes) is 6. The Kier molecular flexibility index (Phi) is 14.3. The summed E-state index contributed by atoms with van der Waals surface area (Å²) in [7, 11) is 0. The highest BCUT2D eigenvalue weighted by Crippen LogP contribution is 2.22. The van der Waals surface area contributed by atoms with Crippen molar-refractivity contribution >= 4 is 34.5 Å². The maximum absolute atomic E-state index is 5.53. The van der Waals surface area contributed by atoms with Crippen molar-refractivity contribution in [2.45, 2.75) is 91.9 Å². The van der Waals surface area contributed by atoms with Gasteiger partial charge in [-0.05, 0) is 122 Å².